The van der Waals surface area contributed by atoms with Crippen molar-refractivity contribution in [1.82, 2.24) is 4.98 Å². The van der Waals surface area contributed by atoms with Crippen molar-refractivity contribution in [2.45, 2.75) is 0 Å². The lowest BCUT2D eigenvalue weighted by Gasteiger charge is -2.02. The van der Waals surface area contributed by atoms with Crippen LogP contribution in [0.2, 0.25) is 10.0 Å². The number of benzene rings is 2. The Labute approximate surface area is 154 Å². The summed E-state index contributed by atoms with van der Waals surface area (Å²) in [6, 6.07) is 11.2. The highest BCUT2D eigenvalue weighted by Crippen LogP contribution is 2.33. The van der Waals surface area contributed by atoms with E-state index in [1.165, 1.54) is 11.3 Å². The zero-order valence-electron chi connectivity index (χ0n) is 12.4. The summed E-state index contributed by atoms with van der Waals surface area (Å²) in [5.74, 6) is -0.656. The molecule has 0 aliphatic heterocycles. The number of halogens is 2. The van der Waals surface area contributed by atoms with Gasteiger partial charge in [-0.25, -0.2) is 4.98 Å². The quantitative estimate of drug-likeness (QED) is 0.524. The lowest BCUT2D eigenvalue weighted by atomic mass is 10.2. The monoisotopic (exact) mass is 390 g/mol. The van der Waals surface area contributed by atoms with Crippen LogP contribution in [0.3, 0.4) is 0 Å². The van der Waals surface area contributed by atoms with Crippen LogP contribution in [0, 0.1) is 0 Å². The molecule has 0 saturated heterocycles. The van der Waals surface area contributed by atoms with E-state index in [-0.39, 0.29) is 11.2 Å². The van der Waals surface area contributed by atoms with Gasteiger partial charge in [-0.3, -0.25) is 14.9 Å². The SMILES string of the molecule is O=C(Nc1nc2c(Cl)cc(Cl)cc2s1)c1cc(=O)c2ccccc2o1. The van der Waals surface area contributed by atoms with Gasteiger partial charge >= 0.3 is 0 Å². The third-order valence-corrected chi connectivity index (χ3v) is 4.92. The predicted octanol–water partition coefficient (Wildman–Crippen LogP) is 4.96. The number of fused-ring (bicyclic) bond motifs is 2. The molecule has 0 atom stereocenters. The third kappa shape index (κ3) is 3.00. The van der Waals surface area contributed by atoms with Crippen LogP contribution in [0.25, 0.3) is 21.2 Å². The maximum absolute atomic E-state index is 12.4. The largest absolute Gasteiger partial charge is 0.451 e. The Bertz CT molecular complexity index is 1200. The molecule has 0 saturated carbocycles. The van der Waals surface area contributed by atoms with E-state index in [1.807, 2.05) is 0 Å². The molecule has 4 aromatic rings. The van der Waals surface area contributed by atoms with Gasteiger partial charge in [0.1, 0.15) is 11.1 Å². The number of carbonyl (C=O) groups excluding carboxylic acids is 1. The molecule has 0 aliphatic carbocycles. The molecule has 2 aromatic heterocycles. The maximum atomic E-state index is 12.4. The Kier molecular flexibility index (Phi) is 3.95. The molecule has 2 heterocycles. The number of thiazole rings is 1. The molecule has 1 amide bonds. The third-order valence-electron chi connectivity index (χ3n) is 3.49. The van der Waals surface area contributed by atoms with E-state index in [0.29, 0.717) is 31.7 Å². The lowest BCUT2D eigenvalue weighted by Crippen LogP contribution is -2.14. The number of nitrogens with one attached hydrogen (secondary N) is 1. The van der Waals surface area contributed by atoms with Crippen LogP contribution in [-0.2, 0) is 0 Å². The molecule has 0 aliphatic rings. The van der Waals surface area contributed by atoms with E-state index in [1.54, 1.807) is 36.4 Å². The van der Waals surface area contributed by atoms with Crippen LogP contribution < -0.4 is 10.7 Å². The normalized spacial score (nSPS) is 11.1. The van der Waals surface area contributed by atoms with Crippen molar-refractivity contribution in [2.75, 3.05) is 5.32 Å². The lowest BCUT2D eigenvalue weighted by molar-refractivity contribution is 0.0997. The van der Waals surface area contributed by atoms with E-state index >= 15 is 0 Å². The van der Waals surface area contributed by atoms with Gasteiger partial charge in [0, 0.05) is 11.1 Å². The summed E-state index contributed by atoms with van der Waals surface area (Å²) in [5.41, 5.74) is 0.608. The highest BCUT2D eigenvalue weighted by Gasteiger charge is 2.15. The number of hydrogen-bond donors (Lipinski definition) is 1. The van der Waals surface area contributed by atoms with Crippen LogP contribution in [-0.4, -0.2) is 10.9 Å². The predicted molar refractivity (Wildman–Crippen MR) is 100 cm³/mol. The highest BCUT2D eigenvalue weighted by molar-refractivity contribution is 7.22. The molecule has 8 heteroatoms. The highest BCUT2D eigenvalue weighted by atomic mass is 35.5. The number of para-hydroxylation sites is 1. The molecule has 1 N–H and O–H groups in total. The van der Waals surface area contributed by atoms with Crippen molar-refractivity contribution in [1.29, 1.82) is 0 Å². The smallest absolute Gasteiger partial charge is 0.293 e. The van der Waals surface area contributed by atoms with Crippen molar-refractivity contribution in [3.63, 3.8) is 0 Å². The Morgan fingerprint density at radius 2 is 1.96 bits per heavy atom. The number of amides is 1. The average Bonchev–Trinajstić information content (AvgIpc) is 2.97. The van der Waals surface area contributed by atoms with Crippen molar-refractivity contribution in [2.24, 2.45) is 0 Å². The van der Waals surface area contributed by atoms with Crippen molar-refractivity contribution >= 4 is 66.8 Å². The molecule has 2 aromatic carbocycles. The number of hydrogen-bond acceptors (Lipinski definition) is 5. The molecule has 4 rings (SSSR count). The van der Waals surface area contributed by atoms with Gasteiger partial charge < -0.3 is 4.42 Å². The Balaban J connectivity index is 1.70. The maximum Gasteiger partial charge on any atom is 0.293 e. The second-order valence-electron chi connectivity index (χ2n) is 5.18. The average molecular weight is 391 g/mol. The van der Waals surface area contributed by atoms with Crippen LogP contribution >= 0.6 is 34.5 Å². The van der Waals surface area contributed by atoms with Crippen LogP contribution in [0.5, 0.6) is 0 Å². The Morgan fingerprint density at radius 1 is 1.16 bits per heavy atom. The molecular formula is C17H8Cl2N2O3S. The number of nitrogens with zero attached hydrogens (tertiary/aromatic N) is 1. The van der Waals surface area contributed by atoms with Crippen molar-refractivity contribution in [3.8, 4) is 0 Å². The van der Waals surface area contributed by atoms with E-state index in [2.05, 4.69) is 10.3 Å². The summed E-state index contributed by atoms with van der Waals surface area (Å²) in [5, 5.41) is 4.26. The second kappa shape index (κ2) is 6.15. The van der Waals surface area contributed by atoms with Crippen molar-refractivity contribution < 1.29 is 9.21 Å². The van der Waals surface area contributed by atoms with Gasteiger partial charge in [-0.1, -0.05) is 46.7 Å². The standard InChI is InChI=1S/C17H8Cl2N2O3S/c18-8-5-10(19)15-14(6-8)25-17(20-15)21-16(23)13-7-11(22)9-3-1-2-4-12(9)24-13/h1-7H,(H,20,21,23). The first-order valence-electron chi connectivity index (χ1n) is 7.11. The van der Waals surface area contributed by atoms with Crippen molar-refractivity contribution in [3.05, 3.63) is 68.5 Å². The molecule has 0 unspecified atom stereocenters. The first-order valence-corrected chi connectivity index (χ1v) is 8.68. The molecule has 0 fully saturated rings. The fourth-order valence-electron chi connectivity index (χ4n) is 2.39. The Hall–Kier alpha value is -2.41. The first-order chi connectivity index (χ1) is 12.0. The van der Waals surface area contributed by atoms with Gasteiger partial charge in [0.25, 0.3) is 5.91 Å². The number of anilines is 1. The molecule has 0 radical (unpaired) electrons. The minimum absolute atomic E-state index is 0.0907. The number of rotatable bonds is 2. The number of carbonyl (C=O) groups is 1. The van der Waals surface area contributed by atoms with Gasteiger partial charge in [-0.2, -0.15) is 0 Å². The first kappa shape index (κ1) is 16.1. The van der Waals surface area contributed by atoms with Gasteiger partial charge in [0.05, 0.1) is 15.1 Å². The van der Waals surface area contributed by atoms with E-state index in [0.717, 1.165) is 10.8 Å². The molecule has 124 valence electrons. The van der Waals surface area contributed by atoms with E-state index in [4.69, 9.17) is 27.6 Å². The second-order valence-corrected chi connectivity index (χ2v) is 7.05. The summed E-state index contributed by atoms with van der Waals surface area (Å²) in [4.78, 5) is 28.8. The van der Waals surface area contributed by atoms with Gasteiger partial charge in [-0.15, -0.1) is 0 Å². The summed E-state index contributed by atoms with van der Waals surface area (Å²) >= 11 is 13.3. The Morgan fingerprint density at radius 3 is 2.80 bits per heavy atom. The molecule has 25 heavy (non-hydrogen) atoms. The zero-order valence-corrected chi connectivity index (χ0v) is 14.7. The van der Waals surface area contributed by atoms with Gasteiger partial charge in [-0.05, 0) is 24.3 Å². The van der Waals surface area contributed by atoms with Gasteiger partial charge in [0.15, 0.2) is 16.3 Å². The van der Waals surface area contributed by atoms with Crippen LogP contribution in [0.1, 0.15) is 10.6 Å². The topological polar surface area (TPSA) is 72.2 Å². The fraction of sp³-hybridized carbons (Fsp3) is 0. The summed E-state index contributed by atoms with van der Waals surface area (Å²) in [6.45, 7) is 0. The summed E-state index contributed by atoms with van der Waals surface area (Å²) in [7, 11) is 0. The van der Waals surface area contributed by atoms with E-state index in [9.17, 15) is 9.59 Å². The van der Waals surface area contributed by atoms with Crippen LogP contribution in [0.15, 0.2) is 51.7 Å². The number of aromatic nitrogens is 1. The minimum atomic E-state index is -0.566. The minimum Gasteiger partial charge on any atom is -0.451 e. The molecular weight excluding hydrogens is 383 g/mol. The zero-order chi connectivity index (χ0) is 17.6. The summed E-state index contributed by atoms with van der Waals surface area (Å²) in [6.07, 6.45) is 0. The summed E-state index contributed by atoms with van der Waals surface area (Å²) < 4.78 is 6.25. The van der Waals surface area contributed by atoms with E-state index < -0.39 is 5.91 Å². The molecule has 0 bridgehead atoms. The fourth-order valence-corrected chi connectivity index (χ4v) is 3.97. The van der Waals surface area contributed by atoms with Gasteiger partial charge in [0.2, 0.25) is 0 Å². The molecule has 5 nitrogen and oxygen atoms in total. The molecule has 0 spiro atoms. The van der Waals surface area contributed by atoms with Crippen LogP contribution in [0.4, 0.5) is 5.13 Å².